The van der Waals surface area contributed by atoms with Crippen molar-refractivity contribution >= 4 is 5.69 Å². The second-order valence-corrected chi connectivity index (χ2v) is 7.39. The summed E-state index contributed by atoms with van der Waals surface area (Å²) < 4.78 is 11.4. The van der Waals surface area contributed by atoms with E-state index in [9.17, 15) is 5.11 Å². The summed E-state index contributed by atoms with van der Waals surface area (Å²) >= 11 is 0. The monoisotopic (exact) mass is 348 g/mol. The summed E-state index contributed by atoms with van der Waals surface area (Å²) in [7, 11) is 1.72. The summed E-state index contributed by atoms with van der Waals surface area (Å²) in [6.45, 7) is 7.22. The van der Waals surface area contributed by atoms with Crippen molar-refractivity contribution in [3.05, 3.63) is 24.3 Å². The molecule has 0 bridgehead atoms. The number of anilines is 1. The lowest BCUT2D eigenvalue weighted by Crippen LogP contribution is -2.49. The first kappa shape index (κ1) is 18.5. The molecule has 1 saturated carbocycles. The average Bonchev–Trinajstić information content (AvgIpc) is 3.05. The predicted molar refractivity (Wildman–Crippen MR) is 100 cm³/mol. The van der Waals surface area contributed by atoms with Crippen molar-refractivity contribution in [3.8, 4) is 5.75 Å². The maximum Gasteiger partial charge on any atom is 0.142 e. The quantitative estimate of drug-likeness (QED) is 0.820. The molecule has 1 aromatic rings. The first-order valence-corrected chi connectivity index (χ1v) is 9.57. The number of ether oxygens (including phenoxy) is 2. The number of aliphatic hydroxyl groups is 1. The Morgan fingerprint density at radius 3 is 2.60 bits per heavy atom. The van der Waals surface area contributed by atoms with Crippen LogP contribution in [0, 0.1) is 5.92 Å². The lowest BCUT2D eigenvalue weighted by atomic mass is 10.1. The van der Waals surface area contributed by atoms with Crippen molar-refractivity contribution in [3.63, 3.8) is 0 Å². The molecule has 2 aliphatic rings. The molecule has 1 heterocycles. The van der Waals surface area contributed by atoms with Gasteiger partial charge in [-0.1, -0.05) is 25.5 Å². The van der Waals surface area contributed by atoms with E-state index in [0.29, 0.717) is 25.2 Å². The minimum absolute atomic E-state index is 0.344. The lowest BCUT2D eigenvalue weighted by Gasteiger charge is -2.37. The topological polar surface area (TPSA) is 45.2 Å². The van der Waals surface area contributed by atoms with Gasteiger partial charge in [0, 0.05) is 32.7 Å². The summed E-state index contributed by atoms with van der Waals surface area (Å²) in [5, 5.41) is 10.3. The van der Waals surface area contributed by atoms with Crippen LogP contribution in [0.1, 0.15) is 26.2 Å². The van der Waals surface area contributed by atoms with Crippen molar-refractivity contribution in [2.75, 3.05) is 51.3 Å². The van der Waals surface area contributed by atoms with Crippen LogP contribution in [0.2, 0.25) is 0 Å². The van der Waals surface area contributed by atoms with Gasteiger partial charge < -0.3 is 19.5 Å². The third kappa shape index (κ3) is 4.87. The summed E-state index contributed by atoms with van der Waals surface area (Å²) in [6.07, 6.45) is 3.60. The number of rotatable bonds is 7. The summed E-state index contributed by atoms with van der Waals surface area (Å²) in [5.41, 5.74) is 1.16. The van der Waals surface area contributed by atoms with E-state index in [0.717, 1.165) is 44.0 Å². The van der Waals surface area contributed by atoms with Crippen LogP contribution in [0.25, 0.3) is 0 Å². The fraction of sp³-hybridized carbons (Fsp3) is 0.700. The Bertz CT molecular complexity index is 531. The van der Waals surface area contributed by atoms with Gasteiger partial charge in [-0.3, -0.25) is 4.90 Å². The molecule has 25 heavy (non-hydrogen) atoms. The molecule has 0 radical (unpaired) electrons. The Labute approximate surface area is 151 Å². The van der Waals surface area contributed by atoms with Crippen molar-refractivity contribution in [1.82, 2.24) is 4.90 Å². The standard InChI is InChI=1S/C20H32N2O3/c1-16-6-5-9-19(16)25-15-17(23)14-21-10-12-22(13-11-21)18-7-3-4-8-20(18)24-2/h3-4,7-8,16-17,19,23H,5-6,9-15H2,1-2H3/t16-,17+,19-/m1/s1. The van der Waals surface area contributed by atoms with Crippen LogP contribution in [0.15, 0.2) is 24.3 Å². The van der Waals surface area contributed by atoms with E-state index in [2.05, 4.69) is 28.9 Å². The van der Waals surface area contributed by atoms with Crippen LogP contribution >= 0.6 is 0 Å². The fourth-order valence-electron chi connectivity index (χ4n) is 4.01. The van der Waals surface area contributed by atoms with Crippen LogP contribution in [0.3, 0.4) is 0 Å². The maximum atomic E-state index is 10.3. The van der Waals surface area contributed by atoms with Crippen LogP contribution in [0.4, 0.5) is 5.69 Å². The molecule has 3 atom stereocenters. The van der Waals surface area contributed by atoms with Crippen molar-refractivity contribution in [2.24, 2.45) is 5.92 Å². The molecule has 1 saturated heterocycles. The highest BCUT2D eigenvalue weighted by Gasteiger charge is 2.26. The van der Waals surface area contributed by atoms with E-state index in [4.69, 9.17) is 9.47 Å². The van der Waals surface area contributed by atoms with Gasteiger partial charge in [-0.15, -0.1) is 0 Å². The van der Waals surface area contributed by atoms with E-state index < -0.39 is 6.10 Å². The van der Waals surface area contributed by atoms with Gasteiger partial charge in [-0.05, 0) is 30.9 Å². The molecule has 3 rings (SSSR count). The molecule has 1 N–H and O–H groups in total. The molecular formula is C20H32N2O3. The highest BCUT2D eigenvalue weighted by atomic mass is 16.5. The fourth-order valence-corrected chi connectivity index (χ4v) is 4.01. The van der Waals surface area contributed by atoms with Gasteiger partial charge in [-0.2, -0.15) is 0 Å². The number of piperazine rings is 1. The highest BCUT2D eigenvalue weighted by molar-refractivity contribution is 5.58. The summed E-state index contributed by atoms with van der Waals surface area (Å²) in [4.78, 5) is 4.69. The summed E-state index contributed by atoms with van der Waals surface area (Å²) in [5.74, 6) is 1.56. The third-order valence-electron chi connectivity index (χ3n) is 5.55. The largest absolute Gasteiger partial charge is 0.495 e. The minimum atomic E-state index is -0.398. The van der Waals surface area contributed by atoms with Gasteiger partial charge in [0.15, 0.2) is 0 Å². The number of para-hydroxylation sites is 2. The number of hydrogen-bond donors (Lipinski definition) is 1. The number of hydrogen-bond acceptors (Lipinski definition) is 5. The van der Waals surface area contributed by atoms with Gasteiger partial charge in [0.25, 0.3) is 0 Å². The Kier molecular flexibility index (Phi) is 6.57. The third-order valence-corrected chi connectivity index (χ3v) is 5.55. The molecule has 1 aliphatic heterocycles. The van der Waals surface area contributed by atoms with E-state index >= 15 is 0 Å². The Morgan fingerprint density at radius 2 is 1.92 bits per heavy atom. The molecule has 140 valence electrons. The van der Waals surface area contributed by atoms with Crippen molar-refractivity contribution < 1.29 is 14.6 Å². The van der Waals surface area contributed by atoms with E-state index in [1.165, 1.54) is 12.8 Å². The molecule has 5 nitrogen and oxygen atoms in total. The van der Waals surface area contributed by atoms with Crippen molar-refractivity contribution in [1.29, 1.82) is 0 Å². The molecule has 0 spiro atoms. The van der Waals surface area contributed by atoms with E-state index in [1.807, 2.05) is 12.1 Å². The van der Waals surface area contributed by atoms with Gasteiger partial charge in [0.1, 0.15) is 5.75 Å². The number of β-amino-alcohol motifs (C(OH)–C–C–N with tert-alkyl or cyclic N) is 1. The molecule has 2 fully saturated rings. The Hall–Kier alpha value is -1.30. The smallest absolute Gasteiger partial charge is 0.142 e. The van der Waals surface area contributed by atoms with Crippen LogP contribution < -0.4 is 9.64 Å². The number of methoxy groups -OCH3 is 1. The van der Waals surface area contributed by atoms with Gasteiger partial charge >= 0.3 is 0 Å². The zero-order valence-corrected chi connectivity index (χ0v) is 15.6. The van der Waals surface area contributed by atoms with Crippen LogP contribution in [0.5, 0.6) is 5.75 Å². The molecule has 5 heteroatoms. The molecular weight excluding hydrogens is 316 g/mol. The second-order valence-electron chi connectivity index (χ2n) is 7.39. The number of benzene rings is 1. The van der Waals surface area contributed by atoms with Crippen molar-refractivity contribution in [2.45, 2.75) is 38.4 Å². The molecule has 1 aliphatic carbocycles. The normalized spacial score (nSPS) is 26.0. The second kappa shape index (κ2) is 8.88. The van der Waals surface area contributed by atoms with Gasteiger partial charge in [0.05, 0.1) is 31.6 Å². The highest BCUT2D eigenvalue weighted by Crippen LogP contribution is 2.29. The average molecular weight is 348 g/mol. The zero-order chi connectivity index (χ0) is 17.6. The van der Waals surface area contributed by atoms with Gasteiger partial charge in [-0.25, -0.2) is 0 Å². The van der Waals surface area contributed by atoms with E-state index in [-0.39, 0.29) is 0 Å². The lowest BCUT2D eigenvalue weighted by molar-refractivity contribution is -0.0321. The Morgan fingerprint density at radius 1 is 1.16 bits per heavy atom. The predicted octanol–water partition coefficient (Wildman–Crippen LogP) is 2.38. The summed E-state index contributed by atoms with van der Waals surface area (Å²) in [6, 6.07) is 8.17. The Balaban J connectivity index is 1.41. The molecule has 1 aromatic carbocycles. The van der Waals surface area contributed by atoms with E-state index in [1.54, 1.807) is 7.11 Å². The van der Waals surface area contributed by atoms with Crippen LogP contribution in [-0.2, 0) is 4.74 Å². The minimum Gasteiger partial charge on any atom is -0.495 e. The van der Waals surface area contributed by atoms with Gasteiger partial charge in [0.2, 0.25) is 0 Å². The molecule has 0 amide bonds. The maximum absolute atomic E-state index is 10.3. The number of aliphatic hydroxyl groups excluding tert-OH is 1. The first-order chi connectivity index (χ1) is 12.2. The van der Waals surface area contributed by atoms with Crippen LogP contribution in [-0.4, -0.2) is 68.7 Å². The zero-order valence-electron chi connectivity index (χ0n) is 15.6. The molecule has 0 aromatic heterocycles. The molecule has 0 unspecified atom stereocenters. The SMILES string of the molecule is COc1ccccc1N1CCN(C[C@H](O)CO[C@@H]2CCC[C@H]2C)CC1. The first-order valence-electron chi connectivity index (χ1n) is 9.57. The number of nitrogens with zero attached hydrogens (tertiary/aromatic N) is 2.